The van der Waals surface area contributed by atoms with Crippen molar-refractivity contribution in [3.8, 4) is 0 Å². The largest absolute Gasteiger partial charge is 0.377 e. The number of nitrogens with zero attached hydrogens (tertiary/aromatic N) is 5. The number of carbonyl (C=O) groups is 1. The third-order valence-electron chi connectivity index (χ3n) is 4.64. The van der Waals surface area contributed by atoms with Crippen molar-refractivity contribution in [2.45, 2.75) is 26.3 Å². The van der Waals surface area contributed by atoms with E-state index in [0.29, 0.717) is 63.5 Å². The van der Waals surface area contributed by atoms with Gasteiger partial charge < -0.3 is 24.4 Å². The maximum Gasteiger partial charge on any atom is 0.266 e. The van der Waals surface area contributed by atoms with E-state index in [-0.39, 0.29) is 11.9 Å². The van der Waals surface area contributed by atoms with Gasteiger partial charge in [-0.1, -0.05) is 13.0 Å². The summed E-state index contributed by atoms with van der Waals surface area (Å²) in [5.74, 6) is 1.78. The first-order valence-electron chi connectivity index (χ1n) is 9.20. The molecule has 3 heterocycles. The van der Waals surface area contributed by atoms with Gasteiger partial charge in [-0.2, -0.15) is 4.98 Å². The minimum atomic E-state index is 0.179. The highest BCUT2D eigenvalue weighted by Crippen LogP contribution is 2.20. The second kappa shape index (κ2) is 8.81. The standard InChI is InChI=1S/C18H26N6O3/c1-4-13(10-15(19-3)20-14-11-26-12-14)17-21-18(22-27-17)24-8-6-23(7-9-24)16(25)5-2/h4,10,14,20H,3,5-9,11-12H2,1-2H3/b13-4+,15-10+. The smallest absolute Gasteiger partial charge is 0.266 e. The SMILES string of the molecule is C=N/C(=C\C(=C/C)c1nc(N2CCN(C(=O)CC)CC2)no1)NC1COC1. The summed E-state index contributed by atoms with van der Waals surface area (Å²) < 4.78 is 10.6. The molecule has 146 valence electrons. The zero-order valence-electron chi connectivity index (χ0n) is 15.8. The summed E-state index contributed by atoms with van der Waals surface area (Å²) in [6.07, 6.45) is 4.25. The molecule has 1 aromatic heterocycles. The Labute approximate surface area is 158 Å². The van der Waals surface area contributed by atoms with Crippen molar-refractivity contribution >= 4 is 24.1 Å². The molecule has 1 N–H and O–H groups in total. The Bertz CT molecular complexity index is 729. The van der Waals surface area contributed by atoms with Gasteiger partial charge in [0.15, 0.2) is 0 Å². The van der Waals surface area contributed by atoms with E-state index >= 15 is 0 Å². The predicted octanol–water partition coefficient (Wildman–Crippen LogP) is 1.06. The Morgan fingerprint density at radius 2 is 2.11 bits per heavy atom. The average molecular weight is 374 g/mol. The number of aliphatic imine (C=N–C) groups is 1. The number of amides is 1. The maximum atomic E-state index is 11.8. The van der Waals surface area contributed by atoms with Crippen molar-refractivity contribution in [2.75, 3.05) is 44.3 Å². The molecule has 2 fully saturated rings. The van der Waals surface area contributed by atoms with E-state index in [4.69, 9.17) is 9.26 Å². The summed E-state index contributed by atoms with van der Waals surface area (Å²) in [5.41, 5.74) is 0.767. The lowest BCUT2D eigenvalue weighted by Crippen LogP contribution is -2.49. The zero-order valence-corrected chi connectivity index (χ0v) is 15.8. The van der Waals surface area contributed by atoms with Crippen LogP contribution in [-0.4, -0.2) is 73.1 Å². The van der Waals surface area contributed by atoms with Crippen LogP contribution in [0.2, 0.25) is 0 Å². The molecule has 0 saturated carbocycles. The van der Waals surface area contributed by atoms with Crippen LogP contribution in [-0.2, 0) is 9.53 Å². The fraction of sp³-hybridized carbons (Fsp3) is 0.556. The summed E-state index contributed by atoms with van der Waals surface area (Å²) in [4.78, 5) is 24.2. The van der Waals surface area contributed by atoms with Crippen LogP contribution in [0, 0.1) is 0 Å². The molecule has 0 radical (unpaired) electrons. The Hall–Kier alpha value is -2.68. The first-order valence-corrected chi connectivity index (χ1v) is 9.20. The van der Waals surface area contributed by atoms with Crippen LogP contribution in [0.5, 0.6) is 0 Å². The normalized spacial score (nSPS) is 19.0. The van der Waals surface area contributed by atoms with E-state index in [1.54, 1.807) is 0 Å². The minimum absolute atomic E-state index is 0.179. The summed E-state index contributed by atoms with van der Waals surface area (Å²) in [6.45, 7) is 11.4. The molecule has 1 aromatic rings. The van der Waals surface area contributed by atoms with Crippen LogP contribution in [0.15, 0.2) is 27.5 Å². The average Bonchev–Trinajstić information content (AvgIpc) is 3.16. The fourth-order valence-electron chi connectivity index (χ4n) is 2.92. The highest BCUT2D eigenvalue weighted by molar-refractivity contribution is 5.76. The third kappa shape index (κ3) is 4.54. The second-order valence-corrected chi connectivity index (χ2v) is 6.43. The molecule has 0 bridgehead atoms. The Morgan fingerprint density at radius 1 is 1.37 bits per heavy atom. The van der Waals surface area contributed by atoms with Gasteiger partial charge in [0.2, 0.25) is 5.91 Å². The second-order valence-electron chi connectivity index (χ2n) is 6.43. The molecule has 0 atom stereocenters. The van der Waals surface area contributed by atoms with Gasteiger partial charge in [0.25, 0.3) is 11.8 Å². The van der Waals surface area contributed by atoms with Crippen LogP contribution in [0.3, 0.4) is 0 Å². The lowest BCUT2D eigenvalue weighted by Gasteiger charge is -2.33. The van der Waals surface area contributed by atoms with Crippen molar-refractivity contribution < 1.29 is 14.1 Å². The van der Waals surface area contributed by atoms with Crippen LogP contribution < -0.4 is 10.2 Å². The van der Waals surface area contributed by atoms with Gasteiger partial charge in [-0.15, -0.1) is 0 Å². The fourth-order valence-corrected chi connectivity index (χ4v) is 2.92. The van der Waals surface area contributed by atoms with Gasteiger partial charge in [0, 0.05) is 38.2 Å². The molecule has 2 saturated heterocycles. The lowest BCUT2D eigenvalue weighted by molar-refractivity contribution is -0.131. The summed E-state index contributed by atoms with van der Waals surface area (Å²) >= 11 is 0. The molecule has 1 amide bonds. The Morgan fingerprint density at radius 3 is 2.67 bits per heavy atom. The number of piperazine rings is 1. The molecule has 0 aliphatic carbocycles. The van der Waals surface area contributed by atoms with E-state index in [1.807, 2.05) is 35.8 Å². The van der Waals surface area contributed by atoms with Gasteiger partial charge in [0.1, 0.15) is 5.82 Å². The van der Waals surface area contributed by atoms with Crippen molar-refractivity contribution in [1.29, 1.82) is 0 Å². The topological polar surface area (TPSA) is 96.1 Å². The van der Waals surface area contributed by atoms with E-state index in [2.05, 4.69) is 27.2 Å². The minimum Gasteiger partial charge on any atom is -0.377 e. The molecule has 9 heteroatoms. The zero-order chi connectivity index (χ0) is 19.2. The molecule has 9 nitrogen and oxygen atoms in total. The van der Waals surface area contributed by atoms with Crippen molar-refractivity contribution in [3.05, 3.63) is 23.9 Å². The van der Waals surface area contributed by atoms with Gasteiger partial charge in [-0.05, 0) is 24.9 Å². The van der Waals surface area contributed by atoms with Crippen LogP contribution in [0.4, 0.5) is 5.95 Å². The van der Waals surface area contributed by atoms with Crippen molar-refractivity contribution in [3.63, 3.8) is 0 Å². The van der Waals surface area contributed by atoms with Gasteiger partial charge in [-0.3, -0.25) is 4.79 Å². The summed E-state index contributed by atoms with van der Waals surface area (Å²) in [5, 5.41) is 7.36. The number of allylic oxidation sites excluding steroid dienone is 3. The first kappa shape index (κ1) is 19.1. The third-order valence-corrected chi connectivity index (χ3v) is 4.64. The van der Waals surface area contributed by atoms with Crippen molar-refractivity contribution in [2.24, 2.45) is 4.99 Å². The molecule has 0 unspecified atom stereocenters. The number of carbonyl (C=O) groups excluding carboxylic acids is 1. The molecular formula is C18H26N6O3. The molecular weight excluding hydrogens is 348 g/mol. The quantitative estimate of drug-likeness (QED) is 0.563. The molecule has 2 aliphatic rings. The number of hydrogen-bond donors (Lipinski definition) is 1. The highest BCUT2D eigenvalue weighted by Gasteiger charge is 2.24. The lowest BCUT2D eigenvalue weighted by atomic mass is 10.2. The number of nitrogens with one attached hydrogen (secondary N) is 1. The van der Waals surface area contributed by atoms with Gasteiger partial charge in [-0.25, -0.2) is 4.99 Å². The maximum absolute atomic E-state index is 11.8. The molecule has 2 aliphatic heterocycles. The van der Waals surface area contributed by atoms with Crippen LogP contribution >= 0.6 is 0 Å². The number of hydrogen-bond acceptors (Lipinski definition) is 8. The van der Waals surface area contributed by atoms with Crippen LogP contribution in [0.25, 0.3) is 5.57 Å². The predicted molar refractivity (Wildman–Crippen MR) is 102 cm³/mol. The Balaban J connectivity index is 1.65. The first-order chi connectivity index (χ1) is 13.1. The van der Waals surface area contributed by atoms with E-state index in [0.717, 1.165) is 5.57 Å². The number of aromatic nitrogens is 2. The van der Waals surface area contributed by atoms with E-state index in [9.17, 15) is 4.79 Å². The molecule has 0 spiro atoms. The van der Waals surface area contributed by atoms with Gasteiger partial charge >= 0.3 is 0 Å². The molecule has 0 aromatic carbocycles. The number of rotatable bonds is 7. The highest BCUT2D eigenvalue weighted by atomic mass is 16.5. The monoisotopic (exact) mass is 374 g/mol. The van der Waals surface area contributed by atoms with E-state index in [1.165, 1.54) is 0 Å². The van der Waals surface area contributed by atoms with Crippen LogP contribution in [0.1, 0.15) is 26.2 Å². The summed E-state index contributed by atoms with van der Waals surface area (Å²) in [6, 6.07) is 0.250. The summed E-state index contributed by atoms with van der Waals surface area (Å²) in [7, 11) is 0. The molecule has 3 rings (SSSR count). The van der Waals surface area contributed by atoms with Crippen molar-refractivity contribution in [1.82, 2.24) is 20.4 Å². The van der Waals surface area contributed by atoms with Gasteiger partial charge in [0.05, 0.1) is 19.3 Å². The van der Waals surface area contributed by atoms with E-state index < -0.39 is 0 Å². The Kier molecular flexibility index (Phi) is 6.23. The number of anilines is 1. The molecule has 27 heavy (non-hydrogen) atoms. The number of ether oxygens (including phenoxy) is 1.